The van der Waals surface area contributed by atoms with Crippen molar-refractivity contribution >= 4 is 28.4 Å². The number of ether oxygens (including phenoxy) is 1. The molecule has 0 radical (unpaired) electrons. The molecular formula is C20H14FN3O3S. The maximum Gasteiger partial charge on any atom is 0.277 e. The van der Waals surface area contributed by atoms with E-state index in [0.29, 0.717) is 5.75 Å². The predicted molar refractivity (Wildman–Crippen MR) is 102 cm³/mol. The van der Waals surface area contributed by atoms with Gasteiger partial charge in [0.15, 0.2) is 12.4 Å². The Morgan fingerprint density at radius 3 is 2.82 bits per heavy atom. The van der Waals surface area contributed by atoms with Gasteiger partial charge in [0.1, 0.15) is 17.1 Å². The molecule has 0 spiro atoms. The summed E-state index contributed by atoms with van der Waals surface area (Å²) >= 11 is 1.05. The molecule has 0 aliphatic heterocycles. The van der Waals surface area contributed by atoms with Gasteiger partial charge in [0.25, 0.3) is 11.1 Å². The Hall–Kier alpha value is -3.26. The molecular weight excluding hydrogens is 381 g/mol. The molecule has 0 unspecified atom stereocenters. The van der Waals surface area contributed by atoms with Crippen molar-refractivity contribution in [1.29, 1.82) is 0 Å². The maximum absolute atomic E-state index is 13.6. The lowest BCUT2D eigenvalue weighted by atomic mass is 10.1. The Bertz CT molecular complexity index is 1130. The van der Waals surface area contributed by atoms with E-state index in [1.54, 1.807) is 12.3 Å². The number of carbonyl (C=O) groups is 1. The van der Waals surface area contributed by atoms with E-state index >= 15 is 0 Å². The van der Waals surface area contributed by atoms with Crippen molar-refractivity contribution in [3.05, 3.63) is 78.1 Å². The van der Waals surface area contributed by atoms with E-state index in [2.05, 4.69) is 15.2 Å². The number of carbonyl (C=O) groups excluding carboxylic acids is 1. The van der Waals surface area contributed by atoms with Crippen LogP contribution in [-0.4, -0.2) is 26.7 Å². The third-order valence-electron chi connectivity index (χ3n) is 3.90. The number of nitrogens with zero attached hydrogens (tertiary/aromatic N) is 3. The van der Waals surface area contributed by atoms with Crippen LogP contribution in [0.25, 0.3) is 10.9 Å². The molecule has 0 saturated carbocycles. The first-order valence-electron chi connectivity index (χ1n) is 8.40. The summed E-state index contributed by atoms with van der Waals surface area (Å²) < 4.78 is 24.9. The number of hydrogen-bond acceptors (Lipinski definition) is 7. The summed E-state index contributed by atoms with van der Waals surface area (Å²) in [6, 6.07) is 15.3. The van der Waals surface area contributed by atoms with E-state index in [-0.39, 0.29) is 34.8 Å². The molecule has 140 valence electrons. The van der Waals surface area contributed by atoms with Crippen molar-refractivity contribution in [2.24, 2.45) is 0 Å². The topological polar surface area (TPSA) is 78.1 Å². The fourth-order valence-electron chi connectivity index (χ4n) is 2.58. The number of rotatable bonds is 7. The molecule has 0 bridgehead atoms. The Kier molecular flexibility index (Phi) is 5.29. The molecule has 6 nitrogen and oxygen atoms in total. The van der Waals surface area contributed by atoms with Crippen LogP contribution in [0.5, 0.6) is 5.75 Å². The van der Waals surface area contributed by atoms with Crippen molar-refractivity contribution in [3.8, 4) is 5.75 Å². The van der Waals surface area contributed by atoms with E-state index in [0.717, 1.165) is 22.7 Å². The minimum Gasteiger partial charge on any atom is -0.482 e. The third kappa shape index (κ3) is 4.01. The number of para-hydroxylation sites is 1. The molecule has 0 saturated heterocycles. The van der Waals surface area contributed by atoms with Crippen LogP contribution in [-0.2, 0) is 6.61 Å². The second-order valence-corrected chi connectivity index (χ2v) is 6.70. The predicted octanol–water partition coefficient (Wildman–Crippen LogP) is 4.31. The lowest BCUT2D eigenvalue weighted by Crippen LogP contribution is -2.04. The number of pyridine rings is 1. The molecule has 2 heterocycles. The van der Waals surface area contributed by atoms with Crippen LogP contribution in [0.2, 0.25) is 0 Å². The van der Waals surface area contributed by atoms with E-state index in [1.165, 1.54) is 18.2 Å². The molecule has 0 N–H and O–H groups in total. The SMILES string of the molecule is O=C(CSc1nnc(COc2cccc3cccnc23)o1)c1ccccc1F. The first-order chi connectivity index (χ1) is 13.7. The first kappa shape index (κ1) is 18.1. The molecule has 2 aromatic heterocycles. The molecule has 4 rings (SSSR count). The minimum atomic E-state index is -0.545. The second kappa shape index (κ2) is 8.18. The Morgan fingerprint density at radius 1 is 1.07 bits per heavy atom. The van der Waals surface area contributed by atoms with Crippen LogP contribution in [0.1, 0.15) is 16.2 Å². The van der Waals surface area contributed by atoms with Crippen LogP contribution in [0.3, 0.4) is 0 Å². The molecule has 2 aromatic carbocycles. The number of aromatic nitrogens is 3. The number of fused-ring (bicyclic) bond motifs is 1. The van der Waals surface area contributed by atoms with Gasteiger partial charge in [0, 0.05) is 11.6 Å². The monoisotopic (exact) mass is 395 g/mol. The van der Waals surface area contributed by atoms with Crippen LogP contribution in [0.4, 0.5) is 4.39 Å². The molecule has 8 heteroatoms. The molecule has 0 aliphatic carbocycles. The van der Waals surface area contributed by atoms with Crippen LogP contribution < -0.4 is 4.74 Å². The van der Waals surface area contributed by atoms with E-state index in [4.69, 9.17) is 9.15 Å². The number of halogens is 1. The first-order valence-corrected chi connectivity index (χ1v) is 9.39. The van der Waals surface area contributed by atoms with Gasteiger partial charge >= 0.3 is 0 Å². The van der Waals surface area contributed by atoms with Crippen LogP contribution in [0.15, 0.2) is 70.4 Å². The highest BCUT2D eigenvalue weighted by molar-refractivity contribution is 7.99. The van der Waals surface area contributed by atoms with Gasteiger partial charge in [-0.05, 0) is 24.3 Å². The summed E-state index contributed by atoms with van der Waals surface area (Å²) in [7, 11) is 0. The summed E-state index contributed by atoms with van der Waals surface area (Å²) in [5.41, 5.74) is 0.788. The van der Waals surface area contributed by atoms with Crippen molar-refractivity contribution in [2.45, 2.75) is 11.8 Å². The molecule has 4 aromatic rings. The number of hydrogen-bond donors (Lipinski definition) is 0. The lowest BCUT2D eigenvalue weighted by Gasteiger charge is -2.06. The Morgan fingerprint density at radius 2 is 1.93 bits per heavy atom. The highest BCUT2D eigenvalue weighted by Gasteiger charge is 2.14. The minimum absolute atomic E-state index is 0.00331. The molecule has 0 amide bonds. The highest BCUT2D eigenvalue weighted by Crippen LogP contribution is 2.24. The number of benzene rings is 2. The number of Topliss-reactive ketones (excluding diaryl/α,β-unsaturated/α-hetero) is 1. The van der Waals surface area contributed by atoms with Gasteiger partial charge in [-0.3, -0.25) is 9.78 Å². The van der Waals surface area contributed by atoms with Gasteiger partial charge < -0.3 is 9.15 Å². The summed E-state index contributed by atoms with van der Waals surface area (Å²) in [5, 5.41) is 8.98. The quantitative estimate of drug-likeness (QED) is 0.341. The van der Waals surface area contributed by atoms with E-state index < -0.39 is 5.82 Å². The third-order valence-corrected chi connectivity index (χ3v) is 4.71. The molecule has 28 heavy (non-hydrogen) atoms. The Balaban J connectivity index is 1.37. The van der Waals surface area contributed by atoms with Crippen molar-refractivity contribution in [2.75, 3.05) is 5.75 Å². The molecule has 0 atom stereocenters. The largest absolute Gasteiger partial charge is 0.482 e. The van der Waals surface area contributed by atoms with Crippen LogP contribution >= 0.6 is 11.8 Å². The average Bonchev–Trinajstić information content (AvgIpc) is 3.18. The lowest BCUT2D eigenvalue weighted by molar-refractivity contribution is 0.101. The fraction of sp³-hybridized carbons (Fsp3) is 0.100. The standard InChI is InChI=1S/C20H14FN3O3S/c21-15-8-2-1-7-14(15)16(25)12-28-20-24-23-18(27-20)11-26-17-9-3-5-13-6-4-10-22-19(13)17/h1-10H,11-12H2. The van der Waals surface area contributed by atoms with Gasteiger partial charge in [-0.2, -0.15) is 0 Å². The zero-order valence-electron chi connectivity index (χ0n) is 14.5. The number of thioether (sulfide) groups is 1. The average molecular weight is 395 g/mol. The fourth-order valence-corrected chi connectivity index (χ4v) is 3.24. The summed E-state index contributed by atoms with van der Waals surface area (Å²) in [4.78, 5) is 16.4. The van der Waals surface area contributed by atoms with Crippen molar-refractivity contribution in [3.63, 3.8) is 0 Å². The Labute approximate surface area is 163 Å². The highest BCUT2D eigenvalue weighted by atomic mass is 32.2. The number of ketones is 1. The normalized spacial score (nSPS) is 10.9. The molecule has 0 fully saturated rings. The summed E-state index contributed by atoms with van der Waals surface area (Å²) in [6.45, 7) is 0.0739. The second-order valence-electron chi connectivity index (χ2n) is 5.77. The summed E-state index contributed by atoms with van der Waals surface area (Å²) in [5.74, 6) is -0.0113. The van der Waals surface area contributed by atoms with Crippen LogP contribution in [0, 0.1) is 5.82 Å². The van der Waals surface area contributed by atoms with Crippen molar-refractivity contribution in [1.82, 2.24) is 15.2 Å². The van der Waals surface area contributed by atoms with Gasteiger partial charge in [-0.25, -0.2) is 4.39 Å². The van der Waals surface area contributed by atoms with Gasteiger partial charge in [0.05, 0.1) is 11.3 Å². The zero-order chi connectivity index (χ0) is 19.3. The molecule has 0 aliphatic rings. The maximum atomic E-state index is 13.6. The van der Waals surface area contributed by atoms with Gasteiger partial charge in [-0.15, -0.1) is 10.2 Å². The van der Waals surface area contributed by atoms with Gasteiger partial charge in [0.2, 0.25) is 0 Å². The van der Waals surface area contributed by atoms with E-state index in [1.807, 2.05) is 30.3 Å². The smallest absolute Gasteiger partial charge is 0.277 e. The summed E-state index contributed by atoms with van der Waals surface area (Å²) in [6.07, 6.45) is 1.70. The zero-order valence-corrected chi connectivity index (χ0v) is 15.4. The van der Waals surface area contributed by atoms with E-state index in [9.17, 15) is 9.18 Å². The van der Waals surface area contributed by atoms with Gasteiger partial charge in [-0.1, -0.05) is 42.1 Å². The van der Waals surface area contributed by atoms with Crippen molar-refractivity contribution < 1.29 is 18.3 Å².